The van der Waals surface area contributed by atoms with E-state index in [0.29, 0.717) is 17.0 Å². The molecule has 1 aromatic heterocycles. The van der Waals surface area contributed by atoms with E-state index in [9.17, 15) is 9.90 Å². The average Bonchev–Trinajstić information content (AvgIpc) is 2.49. The van der Waals surface area contributed by atoms with Gasteiger partial charge in [0.25, 0.3) is 0 Å². The molecule has 0 spiro atoms. The van der Waals surface area contributed by atoms with E-state index in [0.717, 1.165) is 11.3 Å². The summed E-state index contributed by atoms with van der Waals surface area (Å²) in [7, 11) is 1.74. The van der Waals surface area contributed by atoms with Crippen LogP contribution in [0.4, 0.5) is 0 Å². The largest absolute Gasteiger partial charge is 0.394 e. The fourth-order valence-electron chi connectivity index (χ4n) is 1.19. The summed E-state index contributed by atoms with van der Waals surface area (Å²) >= 11 is 1.31. The second-order valence-electron chi connectivity index (χ2n) is 3.19. The number of aliphatic hydroxyl groups excluding tert-OH is 2. The molecule has 1 unspecified atom stereocenters. The molecule has 0 saturated heterocycles. The Bertz CT molecular complexity index is 351. The Kier molecular flexibility index (Phi) is 4.31. The maximum absolute atomic E-state index is 10.8. The van der Waals surface area contributed by atoms with Gasteiger partial charge in [0.15, 0.2) is 6.29 Å². The number of hydrogen-bond acceptors (Lipinski definition) is 5. The van der Waals surface area contributed by atoms with Crippen LogP contribution in [-0.4, -0.2) is 44.7 Å². The van der Waals surface area contributed by atoms with Crippen LogP contribution in [0.15, 0.2) is 5.03 Å². The van der Waals surface area contributed by atoms with Crippen LogP contribution in [0.3, 0.4) is 0 Å². The summed E-state index contributed by atoms with van der Waals surface area (Å²) in [6, 6.07) is 0. The van der Waals surface area contributed by atoms with Crippen LogP contribution < -0.4 is 0 Å². The topological polar surface area (TPSA) is 75.3 Å². The standard InChI is InChI=1S/C9H14N2O3S/c1-6-8(4-13)9(11(2)10-6)15-5-7(14)3-12/h4,7,12,14H,3,5H2,1-2H3. The first kappa shape index (κ1) is 12.2. The molecule has 1 atom stereocenters. The minimum atomic E-state index is -0.773. The molecule has 1 heterocycles. The van der Waals surface area contributed by atoms with Crippen LogP contribution in [0.5, 0.6) is 0 Å². The predicted octanol–water partition coefficient (Wildman–Crippen LogP) is -0.0137. The zero-order chi connectivity index (χ0) is 11.4. The van der Waals surface area contributed by atoms with Gasteiger partial charge in [0.1, 0.15) is 5.03 Å². The molecule has 0 aromatic carbocycles. The lowest BCUT2D eigenvalue weighted by atomic mass is 10.3. The third-order valence-electron chi connectivity index (χ3n) is 1.96. The molecule has 84 valence electrons. The van der Waals surface area contributed by atoms with Crippen molar-refractivity contribution in [2.45, 2.75) is 18.1 Å². The number of thioether (sulfide) groups is 1. The van der Waals surface area contributed by atoms with Gasteiger partial charge in [-0.05, 0) is 6.92 Å². The summed E-state index contributed by atoms with van der Waals surface area (Å²) in [5, 5.41) is 22.7. The zero-order valence-electron chi connectivity index (χ0n) is 8.67. The molecule has 0 radical (unpaired) electrons. The molecule has 1 aromatic rings. The Morgan fingerprint density at radius 1 is 1.67 bits per heavy atom. The lowest BCUT2D eigenvalue weighted by molar-refractivity contribution is 0.111. The summed E-state index contributed by atoms with van der Waals surface area (Å²) in [5.74, 6) is 0.344. The van der Waals surface area contributed by atoms with Crippen molar-refractivity contribution >= 4 is 18.0 Å². The molecule has 0 amide bonds. The minimum absolute atomic E-state index is 0.278. The molecule has 0 aliphatic rings. The van der Waals surface area contributed by atoms with E-state index < -0.39 is 6.10 Å². The predicted molar refractivity (Wildman–Crippen MR) is 57.1 cm³/mol. The van der Waals surface area contributed by atoms with Crippen molar-refractivity contribution in [3.8, 4) is 0 Å². The molecule has 15 heavy (non-hydrogen) atoms. The summed E-state index contributed by atoms with van der Waals surface area (Å²) in [4.78, 5) is 10.8. The van der Waals surface area contributed by atoms with Crippen molar-refractivity contribution in [3.63, 3.8) is 0 Å². The Morgan fingerprint density at radius 2 is 2.33 bits per heavy atom. The molecular formula is C9H14N2O3S. The van der Waals surface area contributed by atoms with Gasteiger partial charge in [0, 0.05) is 12.8 Å². The highest BCUT2D eigenvalue weighted by Crippen LogP contribution is 2.23. The Morgan fingerprint density at radius 3 is 2.87 bits per heavy atom. The fraction of sp³-hybridized carbons (Fsp3) is 0.556. The first-order valence-corrected chi connectivity index (χ1v) is 5.49. The van der Waals surface area contributed by atoms with Crippen molar-refractivity contribution in [3.05, 3.63) is 11.3 Å². The third kappa shape index (κ3) is 2.80. The molecule has 0 aliphatic heterocycles. The molecule has 2 N–H and O–H groups in total. The number of aliphatic hydroxyl groups is 2. The van der Waals surface area contributed by atoms with Crippen LogP contribution >= 0.6 is 11.8 Å². The second kappa shape index (κ2) is 5.29. The number of nitrogens with zero attached hydrogens (tertiary/aromatic N) is 2. The van der Waals surface area contributed by atoms with E-state index in [-0.39, 0.29) is 6.61 Å². The van der Waals surface area contributed by atoms with Crippen LogP contribution in [-0.2, 0) is 7.05 Å². The SMILES string of the molecule is Cc1nn(C)c(SCC(O)CO)c1C=O. The number of aryl methyl sites for hydroxylation is 2. The van der Waals surface area contributed by atoms with Gasteiger partial charge in [0.05, 0.1) is 24.0 Å². The maximum atomic E-state index is 10.8. The number of aldehydes is 1. The van der Waals surface area contributed by atoms with Gasteiger partial charge in [-0.2, -0.15) is 5.10 Å². The minimum Gasteiger partial charge on any atom is -0.394 e. The van der Waals surface area contributed by atoms with Gasteiger partial charge < -0.3 is 10.2 Å². The number of rotatable bonds is 5. The second-order valence-corrected chi connectivity index (χ2v) is 4.20. The highest BCUT2D eigenvalue weighted by atomic mass is 32.2. The maximum Gasteiger partial charge on any atom is 0.154 e. The van der Waals surface area contributed by atoms with E-state index in [4.69, 9.17) is 5.11 Å². The molecule has 0 aliphatic carbocycles. The highest BCUT2D eigenvalue weighted by molar-refractivity contribution is 7.99. The van der Waals surface area contributed by atoms with Gasteiger partial charge in [-0.1, -0.05) is 0 Å². The molecule has 1 rings (SSSR count). The Balaban J connectivity index is 2.79. The van der Waals surface area contributed by atoms with Crippen molar-refractivity contribution in [2.75, 3.05) is 12.4 Å². The van der Waals surface area contributed by atoms with E-state index >= 15 is 0 Å². The molecule has 5 nitrogen and oxygen atoms in total. The van der Waals surface area contributed by atoms with E-state index in [2.05, 4.69) is 5.10 Å². The summed E-state index contributed by atoms with van der Waals surface area (Å²) in [6.45, 7) is 1.48. The van der Waals surface area contributed by atoms with Gasteiger partial charge in [-0.3, -0.25) is 9.48 Å². The van der Waals surface area contributed by atoms with Crippen LogP contribution in [0.1, 0.15) is 16.1 Å². The molecule has 6 heteroatoms. The average molecular weight is 230 g/mol. The molecule has 0 bridgehead atoms. The number of carbonyl (C=O) groups excluding carboxylic acids is 1. The lowest BCUT2D eigenvalue weighted by Crippen LogP contribution is -2.15. The van der Waals surface area contributed by atoms with Crippen LogP contribution in [0.25, 0.3) is 0 Å². The van der Waals surface area contributed by atoms with E-state index in [1.807, 2.05) is 0 Å². The highest BCUT2D eigenvalue weighted by Gasteiger charge is 2.14. The van der Waals surface area contributed by atoms with Crippen molar-refractivity contribution in [1.82, 2.24) is 9.78 Å². The van der Waals surface area contributed by atoms with Gasteiger partial charge >= 0.3 is 0 Å². The third-order valence-corrected chi connectivity index (χ3v) is 3.26. The first-order valence-electron chi connectivity index (χ1n) is 4.50. The van der Waals surface area contributed by atoms with Crippen molar-refractivity contribution in [2.24, 2.45) is 7.05 Å². The Hall–Kier alpha value is -0.850. The Labute approximate surface area is 92.1 Å². The quantitative estimate of drug-likeness (QED) is 0.549. The van der Waals surface area contributed by atoms with Crippen molar-refractivity contribution < 1.29 is 15.0 Å². The number of aromatic nitrogens is 2. The van der Waals surface area contributed by atoms with Crippen molar-refractivity contribution in [1.29, 1.82) is 0 Å². The summed E-state index contributed by atoms with van der Waals surface area (Å²) in [6.07, 6.45) is -0.0135. The molecule has 0 fully saturated rings. The van der Waals surface area contributed by atoms with E-state index in [1.165, 1.54) is 11.8 Å². The zero-order valence-corrected chi connectivity index (χ0v) is 9.49. The first-order chi connectivity index (χ1) is 7.10. The van der Waals surface area contributed by atoms with Gasteiger partial charge in [-0.25, -0.2) is 0 Å². The fourth-order valence-corrected chi connectivity index (χ4v) is 2.22. The molecular weight excluding hydrogens is 216 g/mol. The normalized spacial score (nSPS) is 12.8. The summed E-state index contributed by atoms with van der Waals surface area (Å²) in [5.41, 5.74) is 1.22. The lowest BCUT2D eigenvalue weighted by Gasteiger charge is -2.06. The van der Waals surface area contributed by atoms with Crippen LogP contribution in [0, 0.1) is 6.92 Å². The van der Waals surface area contributed by atoms with Crippen LogP contribution in [0.2, 0.25) is 0 Å². The monoisotopic (exact) mass is 230 g/mol. The smallest absolute Gasteiger partial charge is 0.154 e. The summed E-state index contributed by atoms with van der Waals surface area (Å²) < 4.78 is 1.60. The van der Waals surface area contributed by atoms with E-state index in [1.54, 1.807) is 18.7 Å². The number of hydrogen-bond donors (Lipinski definition) is 2. The number of carbonyl (C=O) groups is 1. The van der Waals surface area contributed by atoms with Gasteiger partial charge in [0.2, 0.25) is 0 Å². The van der Waals surface area contributed by atoms with Gasteiger partial charge in [-0.15, -0.1) is 11.8 Å². The molecule has 0 saturated carbocycles.